The van der Waals surface area contributed by atoms with Crippen LogP contribution in [0.1, 0.15) is 6.92 Å². The number of rotatable bonds is 3. The van der Waals surface area contributed by atoms with Crippen molar-refractivity contribution in [3.63, 3.8) is 0 Å². The van der Waals surface area contributed by atoms with Crippen LogP contribution in [0.15, 0.2) is 35.2 Å². The van der Waals surface area contributed by atoms with E-state index in [0.717, 1.165) is 0 Å². The maximum absolute atomic E-state index is 5.74. The third kappa shape index (κ3) is 4.51. The maximum Gasteiger partial charge on any atom is 0.115 e. The lowest BCUT2D eigenvalue weighted by Gasteiger charge is -1.98. The average Bonchev–Trinajstić information content (AvgIpc) is 2.03. The Hall–Kier alpha value is -0.890. The van der Waals surface area contributed by atoms with Crippen LogP contribution in [0.5, 0.6) is 0 Å². The van der Waals surface area contributed by atoms with E-state index in [0.29, 0.717) is 10.9 Å². The van der Waals surface area contributed by atoms with E-state index in [1.807, 2.05) is 25.2 Å². The van der Waals surface area contributed by atoms with Crippen molar-refractivity contribution in [2.24, 2.45) is 5.73 Å². The summed E-state index contributed by atoms with van der Waals surface area (Å²) in [5, 5.41) is 3.26. The summed E-state index contributed by atoms with van der Waals surface area (Å²) in [4.78, 5) is 0. The molecule has 3 N–H and O–H groups in total. The van der Waals surface area contributed by atoms with Crippen molar-refractivity contribution in [1.29, 1.82) is 0 Å². The first-order valence-electron chi connectivity index (χ1n) is 3.34. The molecule has 0 aromatic heterocycles. The van der Waals surface area contributed by atoms with Crippen molar-refractivity contribution in [3.8, 4) is 0 Å². The molecule has 0 saturated carbocycles. The number of nitrogens with one attached hydrogen (secondary N) is 1. The zero-order valence-electron chi connectivity index (χ0n) is 6.76. The third-order valence-corrected chi connectivity index (χ3v) is 1.40. The highest BCUT2D eigenvalue weighted by Gasteiger charge is 1.89. The minimum Gasteiger partial charge on any atom is -0.384 e. The first-order chi connectivity index (χ1) is 5.22. The van der Waals surface area contributed by atoms with Crippen molar-refractivity contribution in [2.75, 3.05) is 7.05 Å². The topological polar surface area (TPSA) is 38.0 Å². The predicted molar refractivity (Wildman–Crippen MR) is 50.1 cm³/mol. The van der Waals surface area contributed by atoms with Crippen LogP contribution < -0.4 is 11.1 Å². The molecular formula is C8H13ClN2. The maximum atomic E-state index is 5.74. The van der Waals surface area contributed by atoms with E-state index in [2.05, 4.69) is 5.32 Å². The molecule has 11 heavy (non-hydrogen) atoms. The second kappa shape index (κ2) is 5.86. The van der Waals surface area contributed by atoms with Gasteiger partial charge in [0.05, 0.1) is 5.03 Å². The van der Waals surface area contributed by atoms with Gasteiger partial charge in [0, 0.05) is 7.05 Å². The Morgan fingerprint density at radius 3 is 2.55 bits per heavy atom. The molecule has 3 heteroatoms. The second-order valence-corrected chi connectivity index (χ2v) is 2.30. The largest absolute Gasteiger partial charge is 0.384 e. The highest BCUT2D eigenvalue weighted by molar-refractivity contribution is 6.31. The summed E-state index contributed by atoms with van der Waals surface area (Å²) in [5.74, 6) is 0.479. The first kappa shape index (κ1) is 10.1. The molecule has 0 atom stereocenters. The number of allylic oxidation sites excluding steroid dienone is 5. The summed E-state index contributed by atoms with van der Waals surface area (Å²) < 4.78 is 0. The van der Waals surface area contributed by atoms with Gasteiger partial charge in [-0.3, -0.25) is 0 Å². The van der Waals surface area contributed by atoms with Gasteiger partial charge in [-0.25, -0.2) is 0 Å². The van der Waals surface area contributed by atoms with Gasteiger partial charge in [0.15, 0.2) is 0 Å². The molecule has 0 bridgehead atoms. The zero-order chi connectivity index (χ0) is 8.69. The monoisotopic (exact) mass is 172 g/mol. The van der Waals surface area contributed by atoms with Gasteiger partial charge in [-0.15, -0.1) is 0 Å². The van der Waals surface area contributed by atoms with Crippen LogP contribution in [-0.4, -0.2) is 7.05 Å². The van der Waals surface area contributed by atoms with Gasteiger partial charge in [-0.05, 0) is 13.0 Å². The fraction of sp³-hybridized carbons (Fsp3) is 0.250. The Kier molecular flexibility index (Phi) is 5.39. The van der Waals surface area contributed by atoms with Crippen LogP contribution in [0.4, 0.5) is 0 Å². The Bertz CT molecular complexity index is 192. The van der Waals surface area contributed by atoms with Crippen LogP contribution in [0, 0.1) is 0 Å². The van der Waals surface area contributed by atoms with E-state index < -0.39 is 0 Å². The average molecular weight is 173 g/mol. The van der Waals surface area contributed by atoms with Gasteiger partial charge in [0.25, 0.3) is 0 Å². The van der Waals surface area contributed by atoms with Crippen LogP contribution in [0.2, 0.25) is 0 Å². The molecule has 0 radical (unpaired) electrons. The Balaban J connectivity index is 4.14. The summed E-state index contributed by atoms with van der Waals surface area (Å²) in [6.45, 7) is 1.93. The normalized spacial score (nSPS) is 14.1. The Labute approximate surface area is 72.4 Å². The quantitative estimate of drug-likeness (QED) is 0.637. The lowest BCUT2D eigenvalue weighted by molar-refractivity contribution is 0.960. The molecule has 0 aromatic rings. The molecule has 62 valence electrons. The molecule has 0 fully saturated rings. The van der Waals surface area contributed by atoms with Gasteiger partial charge in [-0.1, -0.05) is 29.8 Å². The Morgan fingerprint density at radius 2 is 2.09 bits per heavy atom. The molecule has 0 unspecified atom stereocenters. The third-order valence-electron chi connectivity index (χ3n) is 1.07. The van der Waals surface area contributed by atoms with Crippen LogP contribution in [0.3, 0.4) is 0 Å². The molecule has 0 heterocycles. The smallest absolute Gasteiger partial charge is 0.115 e. The Morgan fingerprint density at radius 1 is 1.45 bits per heavy atom. The second-order valence-electron chi connectivity index (χ2n) is 1.90. The lowest BCUT2D eigenvalue weighted by atomic mass is 10.4. The van der Waals surface area contributed by atoms with Crippen molar-refractivity contribution >= 4 is 11.6 Å². The van der Waals surface area contributed by atoms with Gasteiger partial charge in [0.1, 0.15) is 5.82 Å². The van der Waals surface area contributed by atoms with Gasteiger partial charge >= 0.3 is 0 Å². The summed E-state index contributed by atoms with van der Waals surface area (Å²) in [7, 11) is 1.72. The fourth-order valence-corrected chi connectivity index (χ4v) is 0.628. The molecule has 0 aliphatic heterocycles. The number of hydrogen-bond donors (Lipinski definition) is 2. The first-order valence-corrected chi connectivity index (χ1v) is 3.72. The SMILES string of the molecule is C\C=C/C=C/C(Cl)=C(/N)NC. The van der Waals surface area contributed by atoms with E-state index in [4.69, 9.17) is 17.3 Å². The van der Waals surface area contributed by atoms with E-state index in [-0.39, 0.29) is 0 Å². The van der Waals surface area contributed by atoms with E-state index in [1.165, 1.54) is 0 Å². The molecule has 0 aliphatic rings. The predicted octanol–water partition coefficient (Wildman–Crippen LogP) is 1.70. The molecule has 0 rings (SSSR count). The molecule has 0 amide bonds. The van der Waals surface area contributed by atoms with Crippen LogP contribution in [0.25, 0.3) is 0 Å². The van der Waals surface area contributed by atoms with Gasteiger partial charge in [0.2, 0.25) is 0 Å². The highest BCUT2D eigenvalue weighted by Crippen LogP contribution is 2.04. The molecule has 0 spiro atoms. The highest BCUT2D eigenvalue weighted by atomic mass is 35.5. The molecule has 0 aliphatic carbocycles. The minimum absolute atomic E-state index is 0.479. The van der Waals surface area contributed by atoms with E-state index >= 15 is 0 Å². The molecular weight excluding hydrogens is 160 g/mol. The van der Waals surface area contributed by atoms with Crippen molar-refractivity contribution in [2.45, 2.75) is 6.92 Å². The van der Waals surface area contributed by atoms with Gasteiger partial charge < -0.3 is 11.1 Å². The van der Waals surface area contributed by atoms with Crippen molar-refractivity contribution < 1.29 is 0 Å². The van der Waals surface area contributed by atoms with E-state index in [9.17, 15) is 0 Å². The lowest BCUT2D eigenvalue weighted by Crippen LogP contribution is -2.15. The summed E-state index contributed by atoms with van der Waals surface area (Å²) >= 11 is 5.74. The number of nitrogens with two attached hydrogens (primary N) is 1. The van der Waals surface area contributed by atoms with Crippen molar-refractivity contribution in [3.05, 3.63) is 35.2 Å². The van der Waals surface area contributed by atoms with Crippen LogP contribution in [-0.2, 0) is 0 Å². The van der Waals surface area contributed by atoms with E-state index in [1.54, 1.807) is 13.1 Å². The van der Waals surface area contributed by atoms with Gasteiger partial charge in [-0.2, -0.15) is 0 Å². The summed E-state index contributed by atoms with van der Waals surface area (Å²) in [6, 6.07) is 0. The summed E-state index contributed by atoms with van der Waals surface area (Å²) in [5.41, 5.74) is 5.46. The summed E-state index contributed by atoms with van der Waals surface area (Å²) in [6.07, 6.45) is 7.35. The fourth-order valence-electron chi connectivity index (χ4n) is 0.460. The number of hydrogen-bond acceptors (Lipinski definition) is 2. The zero-order valence-corrected chi connectivity index (χ0v) is 7.52. The molecule has 0 aromatic carbocycles. The molecule has 2 nitrogen and oxygen atoms in total. The number of halogens is 1. The van der Waals surface area contributed by atoms with Crippen LogP contribution >= 0.6 is 11.6 Å². The standard InChI is InChI=1S/C8H13ClN2/c1-3-4-5-6-7(9)8(10)11-2/h3-6,11H,10H2,1-2H3/b4-3-,6-5+,8-7+. The van der Waals surface area contributed by atoms with Crippen molar-refractivity contribution in [1.82, 2.24) is 5.32 Å². The molecule has 0 saturated heterocycles. The minimum atomic E-state index is 0.479.